The first kappa shape index (κ1) is 15.1. The summed E-state index contributed by atoms with van der Waals surface area (Å²) >= 11 is 0. The Balaban J connectivity index is 1.49. The smallest absolute Gasteiger partial charge is 0.0384 e. The second-order valence-corrected chi connectivity index (χ2v) is 5.85. The second kappa shape index (κ2) is 6.95. The highest BCUT2D eigenvalue weighted by molar-refractivity contribution is 5.70. The minimum absolute atomic E-state index is 1.06. The molecule has 118 valence electrons. The Morgan fingerprint density at radius 3 is 1.72 bits per heavy atom. The van der Waals surface area contributed by atoms with Crippen LogP contribution in [-0.2, 0) is 0 Å². The van der Waals surface area contributed by atoms with Crippen LogP contribution in [0.5, 0.6) is 0 Å². The summed E-state index contributed by atoms with van der Waals surface area (Å²) in [5, 5.41) is 3.44. The lowest BCUT2D eigenvalue weighted by molar-refractivity contribution is 1.53. The van der Waals surface area contributed by atoms with Crippen LogP contribution in [0.25, 0.3) is 22.3 Å². The summed E-state index contributed by atoms with van der Waals surface area (Å²) in [6.45, 7) is 0. The van der Waals surface area contributed by atoms with Crippen molar-refractivity contribution in [1.29, 1.82) is 0 Å². The predicted octanol–water partition coefficient (Wildman–Crippen LogP) is 6.36. The zero-order valence-electron chi connectivity index (χ0n) is 13.7. The maximum atomic E-state index is 3.44. The zero-order valence-corrected chi connectivity index (χ0v) is 13.7. The number of nitrogens with one attached hydrogen (secondary N) is 1. The van der Waals surface area contributed by atoms with Crippen LogP contribution in [0.2, 0.25) is 0 Å². The third-order valence-electron chi connectivity index (χ3n) is 4.13. The van der Waals surface area contributed by atoms with Crippen LogP contribution in [0, 0.1) is 12.1 Å². The van der Waals surface area contributed by atoms with Crippen molar-refractivity contribution in [3.8, 4) is 22.3 Å². The summed E-state index contributed by atoms with van der Waals surface area (Å²) in [7, 11) is 0. The first-order valence-electron chi connectivity index (χ1n) is 8.30. The Bertz CT molecular complexity index is 844. The normalized spacial score (nSPS) is 10.1. The average molecular weight is 319 g/mol. The van der Waals surface area contributed by atoms with Crippen molar-refractivity contribution in [2.45, 2.75) is 0 Å². The molecule has 1 heteroatoms. The summed E-state index contributed by atoms with van der Waals surface area (Å²) in [5.74, 6) is 0. The molecule has 0 heterocycles. The summed E-state index contributed by atoms with van der Waals surface area (Å²) in [5.41, 5.74) is 6.79. The van der Waals surface area contributed by atoms with E-state index in [0.29, 0.717) is 0 Å². The van der Waals surface area contributed by atoms with Crippen molar-refractivity contribution in [2.24, 2.45) is 0 Å². The molecule has 4 aromatic rings. The minimum Gasteiger partial charge on any atom is -0.356 e. The predicted molar refractivity (Wildman–Crippen MR) is 105 cm³/mol. The number of benzene rings is 3. The molecule has 25 heavy (non-hydrogen) atoms. The molecular formula is C24H17N. The lowest BCUT2D eigenvalue weighted by Crippen LogP contribution is -1.90. The molecular weight excluding hydrogens is 302 g/mol. The van der Waals surface area contributed by atoms with Gasteiger partial charge in [0.25, 0.3) is 0 Å². The molecule has 0 saturated heterocycles. The van der Waals surface area contributed by atoms with Gasteiger partial charge in [-0.3, -0.25) is 0 Å². The SMILES string of the molecule is c1cccc(-c2ccc(Nc3ccc(-c4ccccc4)cc3)cc2)c#1. The van der Waals surface area contributed by atoms with Crippen molar-refractivity contribution < 1.29 is 0 Å². The topological polar surface area (TPSA) is 12.0 Å². The van der Waals surface area contributed by atoms with Gasteiger partial charge in [0.2, 0.25) is 0 Å². The third kappa shape index (κ3) is 3.54. The Labute approximate surface area is 148 Å². The molecule has 0 aliphatic rings. The Morgan fingerprint density at radius 1 is 0.520 bits per heavy atom. The van der Waals surface area contributed by atoms with Gasteiger partial charge in [0.05, 0.1) is 0 Å². The van der Waals surface area contributed by atoms with Crippen LogP contribution in [-0.4, -0.2) is 0 Å². The molecule has 0 atom stereocenters. The van der Waals surface area contributed by atoms with Gasteiger partial charge in [-0.05, 0) is 53.1 Å². The monoisotopic (exact) mass is 319 g/mol. The molecule has 0 unspecified atom stereocenters. The van der Waals surface area contributed by atoms with Crippen molar-refractivity contribution in [2.75, 3.05) is 5.32 Å². The highest BCUT2D eigenvalue weighted by atomic mass is 14.9. The average Bonchev–Trinajstić information content (AvgIpc) is 2.71. The van der Waals surface area contributed by atoms with Gasteiger partial charge in [-0.15, -0.1) is 0 Å². The molecule has 0 spiro atoms. The van der Waals surface area contributed by atoms with E-state index in [1.54, 1.807) is 0 Å². The number of anilines is 2. The fraction of sp³-hybridized carbons (Fsp3) is 0. The van der Waals surface area contributed by atoms with Gasteiger partial charge in [0.15, 0.2) is 0 Å². The Morgan fingerprint density at radius 2 is 1.12 bits per heavy atom. The summed E-state index contributed by atoms with van der Waals surface area (Å²) in [4.78, 5) is 0. The summed E-state index contributed by atoms with van der Waals surface area (Å²) < 4.78 is 0. The van der Waals surface area contributed by atoms with E-state index in [9.17, 15) is 0 Å². The molecule has 0 amide bonds. The van der Waals surface area contributed by atoms with Crippen LogP contribution in [0.1, 0.15) is 0 Å². The van der Waals surface area contributed by atoms with E-state index in [-0.39, 0.29) is 0 Å². The molecule has 0 aromatic heterocycles. The van der Waals surface area contributed by atoms with Gasteiger partial charge in [-0.1, -0.05) is 72.8 Å². The highest BCUT2D eigenvalue weighted by Gasteiger charge is 2.00. The van der Waals surface area contributed by atoms with Crippen molar-refractivity contribution in [1.82, 2.24) is 0 Å². The third-order valence-corrected chi connectivity index (χ3v) is 4.13. The lowest BCUT2D eigenvalue weighted by Gasteiger charge is -2.09. The van der Waals surface area contributed by atoms with Crippen LogP contribution in [0.4, 0.5) is 11.4 Å². The van der Waals surface area contributed by atoms with Gasteiger partial charge >= 0.3 is 0 Å². The molecule has 0 saturated carbocycles. The highest BCUT2D eigenvalue weighted by Crippen LogP contribution is 2.25. The van der Waals surface area contributed by atoms with E-state index in [2.05, 4.69) is 90.2 Å². The quantitative estimate of drug-likeness (QED) is 0.461. The molecule has 0 bridgehead atoms. The number of rotatable bonds is 4. The maximum Gasteiger partial charge on any atom is 0.0384 e. The van der Waals surface area contributed by atoms with Crippen molar-refractivity contribution in [3.05, 3.63) is 109 Å². The summed E-state index contributed by atoms with van der Waals surface area (Å²) in [6.07, 6.45) is 0. The number of hydrogen-bond acceptors (Lipinski definition) is 1. The maximum absolute atomic E-state index is 3.44. The first-order chi connectivity index (χ1) is 12.4. The number of hydrogen-bond donors (Lipinski definition) is 1. The molecule has 1 nitrogen and oxygen atoms in total. The lowest BCUT2D eigenvalue weighted by atomic mass is 10.1. The van der Waals surface area contributed by atoms with Crippen molar-refractivity contribution in [3.63, 3.8) is 0 Å². The van der Waals surface area contributed by atoms with E-state index in [1.807, 2.05) is 24.3 Å². The van der Waals surface area contributed by atoms with Gasteiger partial charge in [0.1, 0.15) is 0 Å². The molecule has 0 radical (unpaired) electrons. The molecule has 0 fully saturated rings. The Kier molecular flexibility index (Phi) is 4.18. The van der Waals surface area contributed by atoms with Gasteiger partial charge < -0.3 is 5.32 Å². The molecule has 4 rings (SSSR count). The standard InChI is InChI=1S/C24H17N/c1-3-7-19(8-4-1)21-11-15-23(16-12-21)25-24-17-13-22(14-18-24)20-9-5-2-6-10-20/h1-5,7-9,11-18,25H. The van der Waals surface area contributed by atoms with E-state index < -0.39 is 0 Å². The van der Waals surface area contributed by atoms with Gasteiger partial charge in [0, 0.05) is 16.9 Å². The van der Waals surface area contributed by atoms with Crippen LogP contribution >= 0.6 is 0 Å². The van der Waals surface area contributed by atoms with Gasteiger partial charge in [-0.25, -0.2) is 0 Å². The van der Waals surface area contributed by atoms with Crippen molar-refractivity contribution >= 4 is 11.4 Å². The van der Waals surface area contributed by atoms with E-state index >= 15 is 0 Å². The van der Waals surface area contributed by atoms with E-state index in [4.69, 9.17) is 0 Å². The molecule has 0 aliphatic heterocycles. The van der Waals surface area contributed by atoms with Gasteiger partial charge in [-0.2, -0.15) is 0 Å². The Hall–Kier alpha value is -3.50. The first-order valence-corrected chi connectivity index (χ1v) is 8.30. The van der Waals surface area contributed by atoms with Crippen LogP contribution in [0.15, 0.2) is 97.1 Å². The summed E-state index contributed by atoms with van der Waals surface area (Å²) in [6, 6.07) is 39.3. The van der Waals surface area contributed by atoms with E-state index in [1.165, 1.54) is 11.1 Å². The fourth-order valence-electron chi connectivity index (χ4n) is 2.80. The van der Waals surface area contributed by atoms with Crippen LogP contribution < -0.4 is 5.32 Å². The largest absolute Gasteiger partial charge is 0.356 e. The second-order valence-electron chi connectivity index (χ2n) is 5.85. The van der Waals surface area contributed by atoms with Crippen LogP contribution in [0.3, 0.4) is 0 Å². The zero-order chi connectivity index (χ0) is 16.9. The molecule has 0 aliphatic carbocycles. The fourth-order valence-corrected chi connectivity index (χ4v) is 2.80. The molecule has 1 N–H and O–H groups in total. The minimum atomic E-state index is 1.06. The molecule has 4 aromatic carbocycles. The van der Waals surface area contributed by atoms with E-state index in [0.717, 1.165) is 22.5 Å².